The fourth-order valence-corrected chi connectivity index (χ4v) is 3.53. The number of hydrogen-bond acceptors (Lipinski definition) is 4. The molecule has 0 aliphatic carbocycles. The fraction of sp³-hybridized carbons (Fsp3) is 0.933. The van der Waals surface area contributed by atoms with Gasteiger partial charge in [0.05, 0.1) is 12.3 Å². The average Bonchev–Trinajstić information content (AvgIpc) is 2.85. The normalized spacial score (nSPS) is 20.8. The molecule has 0 amide bonds. The number of sulfone groups is 1. The largest absolute Gasteiger partial charge is 0.401 e. The number of rotatable bonds is 7. The first-order valence-corrected chi connectivity index (χ1v) is 10.3. The molecule has 0 aromatic heterocycles. The van der Waals surface area contributed by atoms with Gasteiger partial charge in [0.2, 0.25) is 0 Å². The molecule has 1 saturated heterocycles. The topological polar surface area (TPSA) is 73.8 Å². The summed E-state index contributed by atoms with van der Waals surface area (Å²) in [5.41, 5.74) is -0.251. The summed E-state index contributed by atoms with van der Waals surface area (Å²) >= 11 is 0. The molecule has 0 aromatic carbocycles. The number of guanidine groups is 1. The van der Waals surface area contributed by atoms with E-state index in [1.807, 2.05) is 13.8 Å². The van der Waals surface area contributed by atoms with Crippen LogP contribution in [0.15, 0.2) is 4.99 Å². The molecule has 1 rings (SSSR count). The van der Waals surface area contributed by atoms with E-state index in [9.17, 15) is 21.6 Å². The minimum Gasteiger partial charge on any atom is -0.356 e. The lowest BCUT2D eigenvalue weighted by molar-refractivity contribution is -0.143. The molecule has 1 unspecified atom stereocenters. The first kappa shape index (κ1) is 22.0. The quantitative estimate of drug-likeness (QED) is 0.509. The second-order valence-corrected chi connectivity index (χ2v) is 9.71. The Morgan fingerprint density at radius 3 is 2.48 bits per heavy atom. The third kappa shape index (κ3) is 9.88. The number of likely N-dealkylation sites (tertiary alicyclic amines) is 1. The van der Waals surface area contributed by atoms with E-state index in [2.05, 4.69) is 15.6 Å². The Bertz CT molecular complexity index is 562. The zero-order chi connectivity index (χ0) is 19.3. The van der Waals surface area contributed by atoms with E-state index in [-0.39, 0.29) is 17.2 Å². The molecule has 6 nitrogen and oxygen atoms in total. The van der Waals surface area contributed by atoms with Crippen molar-refractivity contribution in [3.8, 4) is 0 Å². The van der Waals surface area contributed by atoms with Crippen LogP contribution in [-0.2, 0) is 9.84 Å². The number of alkyl halides is 3. The molecule has 0 radical (unpaired) electrons. The second-order valence-electron chi connectivity index (χ2n) is 7.45. The van der Waals surface area contributed by atoms with E-state index in [1.165, 1.54) is 11.2 Å². The Morgan fingerprint density at radius 2 is 1.96 bits per heavy atom. The zero-order valence-electron chi connectivity index (χ0n) is 15.3. The minimum absolute atomic E-state index is 0.0901. The number of aliphatic imine (C=N–C) groups is 1. The smallest absolute Gasteiger partial charge is 0.356 e. The van der Waals surface area contributed by atoms with Gasteiger partial charge in [-0.1, -0.05) is 13.8 Å². The van der Waals surface area contributed by atoms with Gasteiger partial charge in [0.15, 0.2) is 5.96 Å². The van der Waals surface area contributed by atoms with E-state index >= 15 is 0 Å². The fourth-order valence-electron chi connectivity index (χ4n) is 2.61. The second kappa shape index (κ2) is 8.57. The molecule has 1 aliphatic rings. The first-order valence-electron chi connectivity index (χ1n) is 8.24. The first-order chi connectivity index (χ1) is 11.3. The summed E-state index contributed by atoms with van der Waals surface area (Å²) in [4.78, 5) is 5.47. The van der Waals surface area contributed by atoms with E-state index in [0.717, 1.165) is 0 Å². The summed E-state index contributed by atoms with van der Waals surface area (Å²) in [7, 11) is -1.41. The molecular formula is C15H29F3N4O2S. The van der Waals surface area contributed by atoms with Crippen molar-refractivity contribution in [2.45, 2.75) is 38.9 Å². The summed E-state index contributed by atoms with van der Waals surface area (Å²) in [6.07, 6.45) is -1.84. The van der Waals surface area contributed by atoms with E-state index in [0.29, 0.717) is 38.4 Å². The summed E-state index contributed by atoms with van der Waals surface area (Å²) in [6, 6.07) is -0.0901. The van der Waals surface area contributed by atoms with Crippen LogP contribution >= 0.6 is 0 Å². The highest BCUT2D eigenvalue weighted by Crippen LogP contribution is 2.21. The molecular weight excluding hydrogens is 357 g/mol. The zero-order valence-corrected chi connectivity index (χ0v) is 16.1. The van der Waals surface area contributed by atoms with Crippen molar-refractivity contribution in [3.05, 3.63) is 0 Å². The van der Waals surface area contributed by atoms with E-state index in [1.54, 1.807) is 7.05 Å². The monoisotopic (exact) mass is 386 g/mol. The van der Waals surface area contributed by atoms with Crippen LogP contribution in [-0.4, -0.2) is 76.7 Å². The van der Waals surface area contributed by atoms with Crippen LogP contribution in [0.2, 0.25) is 0 Å². The van der Waals surface area contributed by atoms with Crippen LogP contribution in [0.25, 0.3) is 0 Å². The molecule has 1 atom stereocenters. The van der Waals surface area contributed by atoms with Crippen LogP contribution in [0.4, 0.5) is 13.2 Å². The highest BCUT2D eigenvalue weighted by atomic mass is 32.2. The van der Waals surface area contributed by atoms with Crippen molar-refractivity contribution in [3.63, 3.8) is 0 Å². The molecule has 0 aromatic rings. The maximum absolute atomic E-state index is 12.4. The van der Waals surface area contributed by atoms with Gasteiger partial charge in [0.25, 0.3) is 0 Å². The summed E-state index contributed by atoms with van der Waals surface area (Å²) in [5.74, 6) is 0.634. The van der Waals surface area contributed by atoms with Crippen molar-refractivity contribution in [2.24, 2.45) is 10.4 Å². The predicted molar refractivity (Wildman–Crippen MR) is 93.5 cm³/mol. The summed E-state index contributed by atoms with van der Waals surface area (Å²) < 4.78 is 59.9. The lowest BCUT2D eigenvalue weighted by Crippen LogP contribution is -2.47. The lowest BCUT2D eigenvalue weighted by Gasteiger charge is -2.27. The maximum atomic E-state index is 12.4. The van der Waals surface area contributed by atoms with Gasteiger partial charge < -0.3 is 10.6 Å². The Kier molecular flexibility index (Phi) is 7.54. The van der Waals surface area contributed by atoms with Gasteiger partial charge in [-0.3, -0.25) is 9.89 Å². The van der Waals surface area contributed by atoms with Crippen molar-refractivity contribution in [2.75, 3.05) is 45.2 Å². The summed E-state index contributed by atoms with van der Waals surface area (Å²) in [5, 5.41) is 6.28. The third-order valence-electron chi connectivity index (χ3n) is 4.12. The highest BCUT2D eigenvalue weighted by Gasteiger charge is 2.34. The number of hydrogen-bond donors (Lipinski definition) is 2. The molecule has 10 heteroatoms. The predicted octanol–water partition coefficient (Wildman–Crippen LogP) is 1.25. The van der Waals surface area contributed by atoms with Gasteiger partial charge in [-0.05, 0) is 18.3 Å². The SMILES string of the molecule is CN=C(NCC(C)(C)CCS(C)(=O)=O)NC1CCN(CC(F)(F)F)C1. The van der Waals surface area contributed by atoms with Crippen LogP contribution < -0.4 is 10.6 Å². The van der Waals surface area contributed by atoms with Gasteiger partial charge in [-0.2, -0.15) is 13.2 Å². The molecule has 1 heterocycles. The van der Waals surface area contributed by atoms with Crippen molar-refractivity contribution in [1.82, 2.24) is 15.5 Å². The number of halogens is 3. The van der Waals surface area contributed by atoms with Crippen LogP contribution in [0.5, 0.6) is 0 Å². The molecule has 1 aliphatic heterocycles. The molecule has 25 heavy (non-hydrogen) atoms. The molecule has 0 bridgehead atoms. The Balaban J connectivity index is 2.43. The van der Waals surface area contributed by atoms with Gasteiger partial charge in [-0.15, -0.1) is 0 Å². The van der Waals surface area contributed by atoms with Crippen LogP contribution in [0.3, 0.4) is 0 Å². The Morgan fingerprint density at radius 1 is 1.32 bits per heavy atom. The van der Waals surface area contributed by atoms with E-state index in [4.69, 9.17) is 0 Å². The van der Waals surface area contributed by atoms with Crippen molar-refractivity contribution in [1.29, 1.82) is 0 Å². The molecule has 1 fully saturated rings. The highest BCUT2D eigenvalue weighted by molar-refractivity contribution is 7.90. The van der Waals surface area contributed by atoms with Crippen molar-refractivity contribution < 1.29 is 21.6 Å². The van der Waals surface area contributed by atoms with Gasteiger partial charge in [0, 0.05) is 39.0 Å². The van der Waals surface area contributed by atoms with Crippen molar-refractivity contribution >= 4 is 15.8 Å². The number of nitrogens with zero attached hydrogens (tertiary/aromatic N) is 2. The van der Waals surface area contributed by atoms with Gasteiger partial charge >= 0.3 is 6.18 Å². The van der Waals surface area contributed by atoms with E-state index < -0.39 is 22.6 Å². The molecule has 0 saturated carbocycles. The Labute approximate surface area is 148 Å². The van der Waals surface area contributed by atoms with Crippen LogP contribution in [0.1, 0.15) is 26.7 Å². The molecule has 148 valence electrons. The third-order valence-corrected chi connectivity index (χ3v) is 5.07. The number of nitrogens with one attached hydrogen (secondary N) is 2. The summed E-state index contributed by atoms with van der Waals surface area (Å²) in [6.45, 7) is 4.25. The van der Waals surface area contributed by atoms with Gasteiger partial charge in [-0.25, -0.2) is 8.42 Å². The lowest BCUT2D eigenvalue weighted by atomic mass is 9.90. The van der Waals surface area contributed by atoms with Gasteiger partial charge in [0.1, 0.15) is 9.84 Å². The molecule has 2 N–H and O–H groups in total. The van der Waals surface area contributed by atoms with Crippen LogP contribution in [0, 0.1) is 5.41 Å². The maximum Gasteiger partial charge on any atom is 0.401 e. The Hall–Kier alpha value is -1.03. The standard InChI is InChI=1S/C15H29F3N4O2S/c1-14(2,6-8-25(4,23)24)10-20-13(19-3)21-12-5-7-22(9-12)11-15(16,17)18/h12H,5-11H2,1-4H3,(H2,19,20,21). The average molecular weight is 386 g/mol. The molecule has 0 spiro atoms. The minimum atomic E-state index is -4.18.